The van der Waals surface area contributed by atoms with Crippen LogP contribution in [-0.2, 0) is 11.2 Å². The Kier molecular flexibility index (Phi) is 7.04. The number of rotatable bonds is 9. The second-order valence-electron chi connectivity index (χ2n) is 5.21. The summed E-state index contributed by atoms with van der Waals surface area (Å²) in [4.78, 5) is 16.3. The van der Waals surface area contributed by atoms with Crippen LogP contribution in [0.5, 0.6) is 5.75 Å². The molecule has 0 spiro atoms. The summed E-state index contributed by atoms with van der Waals surface area (Å²) in [6.45, 7) is 1.86. The fourth-order valence-electron chi connectivity index (χ4n) is 2.17. The molecule has 24 heavy (non-hydrogen) atoms. The van der Waals surface area contributed by atoms with Crippen LogP contribution in [0.25, 0.3) is 0 Å². The molecule has 0 aliphatic rings. The highest BCUT2D eigenvalue weighted by Gasteiger charge is 2.06. The first-order chi connectivity index (χ1) is 11.7. The first-order valence-corrected chi connectivity index (χ1v) is 7.83. The predicted octanol–water partition coefficient (Wildman–Crippen LogP) is 2.12. The Morgan fingerprint density at radius 3 is 2.75 bits per heavy atom. The van der Waals surface area contributed by atoms with E-state index in [2.05, 4.69) is 15.6 Å². The lowest BCUT2D eigenvalue weighted by molar-refractivity contribution is 0.0949. The first kappa shape index (κ1) is 17.7. The molecule has 2 aromatic rings. The summed E-state index contributed by atoms with van der Waals surface area (Å²) in [6.07, 6.45) is 2.38. The van der Waals surface area contributed by atoms with Gasteiger partial charge in [-0.05, 0) is 36.2 Å². The number of amides is 1. The Labute approximate surface area is 142 Å². The van der Waals surface area contributed by atoms with Crippen molar-refractivity contribution < 1.29 is 14.3 Å². The van der Waals surface area contributed by atoms with Crippen LogP contribution in [0, 0.1) is 0 Å². The van der Waals surface area contributed by atoms with Gasteiger partial charge >= 0.3 is 0 Å². The molecule has 1 aromatic carbocycles. The van der Waals surface area contributed by atoms with E-state index in [0.29, 0.717) is 25.4 Å². The highest BCUT2D eigenvalue weighted by Crippen LogP contribution is 2.12. The molecule has 2 N–H and O–H groups in total. The van der Waals surface area contributed by atoms with Gasteiger partial charge in [-0.3, -0.25) is 4.79 Å². The lowest BCUT2D eigenvalue weighted by atomic mass is 10.1. The zero-order chi connectivity index (χ0) is 17.2. The van der Waals surface area contributed by atoms with Gasteiger partial charge in [-0.2, -0.15) is 0 Å². The first-order valence-electron chi connectivity index (χ1n) is 7.83. The number of methoxy groups -OCH3 is 2. The second-order valence-corrected chi connectivity index (χ2v) is 5.21. The number of nitrogens with one attached hydrogen (secondary N) is 2. The van der Waals surface area contributed by atoms with Gasteiger partial charge in [-0.25, -0.2) is 4.98 Å². The van der Waals surface area contributed by atoms with Crippen molar-refractivity contribution in [3.8, 4) is 5.75 Å². The Morgan fingerprint density at radius 1 is 1.17 bits per heavy atom. The summed E-state index contributed by atoms with van der Waals surface area (Å²) in [7, 11) is 3.29. The highest BCUT2D eigenvalue weighted by atomic mass is 16.5. The van der Waals surface area contributed by atoms with Crippen molar-refractivity contribution in [3.63, 3.8) is 0 Å². The molecule has 0 bridgehead atoms. The van der Waals surface area contributed by atoms with Crippen LogP contribution in [0.4, 0.5) is 5.69 Å². The van der Waals surface area contributed by atoms with Gasteiger partial charge in [0.05, 0.1) is 25.6 Å². The number of carbonyl (C=O) groups excluding carboxylic acids is 1. The number of pyridine rings is 1. The Bertz CT molecular complexity index is 644. The monoisotopic (exact) mass is 329 g/mol. The maximum Gasteiger partial charge on any atom is 0.269 e. The van der Waals surface area contributed by atoms with Crippen molar-refractivity contribution in [1.82, 2.24) is 10.3 Å². The quantitative estimate of drug-likeness (QED) is 0.690. The van der Waals surface area contributed by atoms with Crippen LogP contribution in [0.2, 0.25) is 0 Å². The maximum absolute atomic E-state index is 12.1. The van der Waals surface area contributed by atoms with E-state index in [0.717, 1.165) is 23.4 Å². The SMILES string of the molecule is COCCNc1ccc(C(=O)NCCc2cccc(OC)c2)nc1. The molecular formula is C18H23N3O3. The number of aromatic nitrogens is 1. The standard InChI is InChI=1S/C18H23N3O3/c1-23-11-10-19-15-6-7-17(21-13-15)18(22)20-9-8-14-4-3-5-16(12-14)24-2/h3-7,12-13,19H,8-11H2,1-2H3,(H,20,22). The molecule has 0 unspecified atom stereocenters. The zero-order valence-corrected chi connectivity index (χ0v) is 14.0. The summed E-state index contributed by atoms with van der Waals surface area (Å²) in [5, 5.41) is 6.03. The molecule has 2 rings (SSSR count). The summed E-state index contributed by atoms with van der Waals surface area (Å²) in [5.41, 5.74) is 2.37. The van der Waals surface area contributed by atoms with Gasteiger partial charge in [-0.1, -0.05) is 12.1 Å². The van der Waals surface area contributed by atoms with Crippen molar-refractivity contribution in [2.24, 2.45) is 0 Å². The fourth-order valence-corrected chi connectivity index (χ4v) is 2.17. The normalized spacial score (nSPS) is 10.2. The molecule has 1 amide bonds. The van der Waals surface area contributed by atoms with Crippen molar-refractivity contribution in [1.29, 1.82) is 0 Å². The lowest BCUT2D eigenvalue weighted by Gasteiger charge is -2.08. The van der Waals surface area contributed by atoms with E-state index in [1.807, 2.05) is 30.3 Å². The molecule has 0 atom stereocenters. The number of anilines is 1. The molecule has 1 heterocycles. The van der Waals surface area contributed by atoms with Crippen molar-refractivity contribution in [2.45, 2.75) is 6.42 Å². The van der Waals surface area contributed by atoms with Gasteiger partial charge < -0.3 is 20.1 Å². The van der Waals surface area contributed by atoms with Gasteiger partial charge in [0.2, 0.25) is 0 Å². The van der Waals surface area contributed by atoms with Crippen molar-refractivity contribution in [2.75, 3.05) is 39.2 Å². The zero-order valence-electron chi connectivity index (χ0n) is 14.0. The number of carbonyl (C=O) groups is 1. The van der Waals surface area contributed by atoms with E-state index < -0.39 is 0 Å². The molecule has 0 saturated carbocycles. The molecule has 0 fully saturated rings. The third-order valence-electron chi connectivity index (χ3n) is 3.46. The number of nitrogens with zero attached hydrogens (tertiary/aromatic N) is 1. The molecule has 128 valence electrons. The van der Waals surface area contributed by atoms with E-state index in [1.54, 1.807) is 26.5 Å². The van der Waals surface area contributed by atoms with Crippen LogP contribution < -0.4 is 15.4 Å². The lowest BCUT2D eigenvalue weighted by Crippen LogP contribution is -2.26. The summed E-state index contributed by atoms with van der Waals surface area (Å²) in [5.74, 6) is 0.637. The average Bonchev–Trinajstić information content (AvgIpc) is 2.62. The largest absolute Gasteiger partial charge is 0.497 e. The van der Waals surface area contributed by atoms with Gasteiger partial charge in [0.1, 0.15) is 11.4 Å². The number of ether oxygens (including phenoxy) is 2. The Morgan fingerprint density at radius 2 is 2.04 bits per heavy atom. The van der Waals surface area contributed by atoms with Crippen molar-refractivity contribution in [3.05, 3.63) is 53.9 Å². The summed E-state index contributed by atoms with van der Waals surface area (Å²) < 4.78 is 10.2. The third kappa shape index (κ3) is 5.55. The topological polar surface area (TPSA) is 72.5 Å². The molecule has 0 radical (unpaired) electrons. The minimum Gasteiger partial charge on any atom is -0.497 e. The van der Waals surface area contributed by atoms with Crippen LogP contribution in [-0.4, -0.2) is 44.8 Å². The van der Waals surface area contributed by atoms with E-state index in [1.165, 1.54) is 0 Å². The van der Waals surface area contributed by atoms with E-state index in [4.69, 9.17) is 9.47 Å². The Balaban J connectivity index is 1.79. The summed E-state index contributed by atoms with van der Waals surface area (Å²) in [6, 6.07) is 11.3. The number of benzene rings is 1. The van der Waals surface area contributed by atoms with Crippen LogP contribution in [0.3, 0.4) is 0 Å². The van der Waals surface area contributed by atoms with Crippen molar-refractivity contribution >= 4 is 11.6 Å². The molecule has 0 aliphatic heterocycles. The van der Waals surface area contributed by atoms with Gasteiger partial charge in [0.15, 0.2) is 0 Å². The highest BCUT2D eigenvalue weighted by molar-refractivity contribution is 5.92. The van der Waals surface area contributed by atoms with Gasteiger partial charge in [0.25, 0.3) is 5.91 Å². The summed E-state index contributed by atoms with van der Waals surface area (Å²) >= 11 is 0. The number of hydrogen-bond donors (Lipinski definition) is 2. The van der Waals surface area contributed by atoms with E-state index in [-0.39, 0.29) is 5.91 Å². The van der Waals surface area contributed by atoms with E-state index >= 15 is 0 Å². The average molecular weight is 329 g/mol. The molecule has 6 nitrogen and oxygen atoms in total. The minimum absolute atomic E-state index is 0.179. The fraction of sp³-hybridized carbons (Fsp3) is 0.333. The van der Waals surface area contributed by atoms with Crippen LogP contribution in [0.1, 0.15) is 16.1 Å². The van der Waals surface area contributed by atoms with Gasteiger partial charge in [-0.15, -0.1) is 0 Å². The maximum atomic E-state index is 12.1. The predicted molar refractivity (Wildman–Crippen MR) is 93.6 cm³/mol. The minimum atomic E-state index is -0.179. The molecule has 0 aliphatic carbocycles. The third-order valence-corrected chi connectivity index (χ3v) is 3.46. The second kappa shape index (κ2) is 9.52. The smallest absolute Gasteiger partial charge is 0.269 e. The van der Waals surface area contributed by atoms with E-state index in [9.17, 15) is 4.79 Å². The molecule has 1 aromatic heterocycles. The Hall–Kier alpha value is -2.60. The number of hydrogen-bond acceptors (Lipinski definition) is 5. The molecule has 0 saturated heterocycles. The van der Waals surface area contributed by atoms with Gasteiger partial charge in [0, 0.05) is 20.2 Å². The van der Waals surface area contributed by atoms with Crippen LogP contribution >= 0.6 is 0 Å². The molecular weight excluding hydrogens is 306 g/mol. The molecule has 6 heteroatoms. The van der Waals surface area contributed by atoms with Crippen LogP contribution in [0.15, 0.2) is 42.6 Å².